The van der Waals surface area contributed by atoms with Gasteiger partial charge in [-0.2, -0.15) is 0 Å². The molecule has 0 aromatic rings. The number of carbonyl (C=O) groups is 2. The van der Waals surface area contributed by atoms with Gasteiger partial charge in [-0.3, -0.25) is 9.59 Å². The van der Waals surface area contributed by atoms with Gasteiger partial charge in [-0.15, -0.1) is 0 Å². The van der Waals surface area contributed by atoms with Gasteiger partial charge < -0.3 is 24.5 Å². The van der Waals surface area contributed by atoms with Crippen LogP contribution in [0.5, 0.6) is 0 Å². The molecule has 0 unspecified atom stereocenters. The Morgan fingerprint density at radius 2 is 1.91 bits per heavy atom. The Kier molecular flexibility index (Phi) is 10.2. The minimum absolute atomic E-state index is 0.0422. The zero-order chi connectivity index (χ0) is 26.6. The Balaban J connectivity index is 2.42. The number of nitrogens with one attached hydrogen (secondary N) is 2. The van der Waals surface area contributed by atoms with E-state index in [2.05, 4.69) is 70.5 Å². The SMILES string of the molecule is CC[C@@H](C(=O)N[C@H]1CCCCNC1=O)[C@H](O[Si](C)(C)C(C)(C)C)[C@H]1OC(C)(C)O[C@@H]1/C=C/C(C)C. The first-order valence-electron chi connectivity index (χ1n) is 13.4. The van der Waals surface area contributed by atoms with Crippen LogP contribution in [0.3, 0.4) is 0 Å². The van der Waals surface area contributed by atoms with E-state index in [4.69, 9.17) is 13.9 Å². The van der Waals surface area contributed by atoms with Gasteiger partial charge in [-0.1, -0.05) is 53.7 Å². The van der Waals surface area contributed by atoms with Crippen molar-refractivity contribution in [1.29, 1.82) is 0 Å². The lowest BCUT2D eigenvalue weighted by Gasteiger charge is -2.43. The molecule has 202 valence electrons. The second-order valence-electron chi connectivity index (χ2n) is 12.4. The van der Waals surface area contributed by atoms with E-state index in [1.807, 2.05) is 20.8 Å². The van der Waals surface area contributed by atoms with Gasteiger partial charge >= 0.3 is 0 Å². The summed E-state index contributed by atoms with van der Waals surface area (Å²) in [6.45, 7) is 21.7. The molecule has 0 radical (unpaired) electrons. The third-order valence-corrected chi connectivity index (χ3v) is 11.9. The predicted molar refractivity (Wildman–Crippen MR) is 142 cm³/mol. The Labute approximate surface area is 214 Å². The zero-order valence-electron chi connectivity index (χ0n) is 23.7. The monoisotopic (exact) mass is 510 g/mol. The Morgan fingerprint density at radius 3 is 2.49 bits per heavy atom. The lowest BCUT2D eigenvalue weighted by atomic mass is 9.91. The van der Waals surface area contributed by atoms with Crippen molar-refractivity contribution in [2.45, 2.75) is 129 Å². The van der Waals surface area contributed by atoms with Gasteiger partial charge in [0.15, 0.2) is 14.1 Å². The summed E-state index contributed by atoms with van der Waals surface area (Å²) in [7, 11) is -2.27. The van der Waals surface area contributed by atoms with E-state index in [1.54, 1.807) is 0 Å². The molecular formula is C27H50N2O5Si. The maximum atomic E-state index is 13.7. The molecule has 0 spiro atoms. The van der Waals surface area contributed by atoms with E-state index >= 15 is 0 Å². The minimum Gasteiger partial charge on any atom is -0.410 e. The molecule has 2 heterocycles. The van der Waals surface area contributed by atoms with E-state index in [9.17, 15) is 9.59 Å². The van der Waals surface area contributed by atoms with Crippen LogP contribution in [0.4, 0.5) is 0 Å². The first-order chi connectivity index (χ1) is 16.1. The third kappa shape index (κ3) is 8.14. The van der Waals surface area contributed by atoms with Crippen molar-refractivity contribution >= 4 is 20.1 Å². The van der Waals surface area contributed by atoms with Crippen LogP contribution >= 0.6 is 0 Å². The molecule has 0 aromatic carbocycles. The standard InChI is InChI=1S/C27H50N2O5Si/c1-11-19(24(30)29-20-14-12-13-17-28-25(20)31)22(34-35(9,10)26(4,5)6)23-21(16-15-18(2)3)32-27(7,8)33-23/h15-16,18-23H,11-14,17H2,1-10H3,(H,28,31)(H,29,30)/b16-15+/t19-,20+,21-,22+,23+/m1/s1. The number of amides is 2. The minimum atomic E-state index is -2.27. The van der Waals surface area contributed by atoms with Crippen LogP contribution in [0, 0.1) is 11.8 Å². The molecule has 2 rings (SSSR count). The summed E-state index contributed by atoms with van der Waals surface area (Å²) in [6, 6.07) is -0.513. The summed E-state index contributed by atoms with van der Waals surface area (Å²) < 4.78 is 19.7. The predicted octanol–water partition coefficient (Wildman–Crippen LogP) is 4.92. The second-order valence-corrected chi connectivity index (χ2v) is 17.2. The highest BCUT2D eigenvalue weighted by Crippen LogP contribution is 2.42. The Morgan fingerprint density at radius 1 is 1.26 bits per heavy atom. The molecule has 0 bridgehead atoms. The van der Waals surface area contributed by atoms with Crippen molar-refractivity contribution in [2.24, 2.45) is 11.8 Å². The second kappa shape index (κ2) is 11.9. The number of hydrogen-bond donors (Lipinski definition) is 2. The summed E-state index contributed by atoms with van der Waals surface area (Å²) >= 11 is 0. The Hall–Kier alpha value is -1.22. The average molecular weight is 511 g/mol. The molecule has 2 aliphatic rings. The highest BCUT2D eigenvalue weighted by molar-refractivity contribution is 6.74. The largest absolute Gasteiger partial charge is 0.410 e. The molecule has 5 atom stereocenters. The fourth-order valence-electron chi connectivity index (χ4n) is 4.37. The van der Waals surface area contributed by atoms with Crippen LogP contribution in [0.2, 0.25) is 18.1 Å². The van der Waals surface area contributed by atoms with Crippen molar-refractivity contribution in [1.82, 2.24) is 10.6 Å². The van der Waals surface area contributed by atoms with Gasteiger partial charge in [-0.25, -0.2) is 0 Å². The van der Waals surface area contributed by atoms with E-state index in [0.717, 1.165) is 12.8 Å². The zero-order valence-corrected chi connectivity index (χ0v) is 24.7. The van der Waals surface area contributed by atoms with Gasteiger partial charge in [0, 0.05) is 6.54 Å². The fraction of sp³-hybridized carbons (Fsp3) is 0.852. The van der Waals surface area contributed by atoms with Crippen molar-refractivity contribution in [3.8, 4) is 0 Å². The summed E-state index contributed by atoms with van der Waals surface area (Å²) in [5.74, 6) is -1.16. The van der Waals surface area contributed by atoms with E-state index in [-0.39, 0.29) is 23.0 Å². The highest BCUT2D eigenvalue weighted by Gasteiger charge is 2.51. The molecule has 2 fully saturated rings. The van der Waals surface area contributed by atoms with Gasteiger partial charge in [0.05, 0.1) is 12.0 Å². The van der Waals surface area contributed by atoms with Crippen LogP contribution in [-0.2, 0) is 23.5 Å². The van der Waals surface area contributed by atoms with E-state index < -0.39 is 38.3 Å². The number of hydrogen-bond acceptors (Lipinski definition) is 5. The molecule has 2 saturated heterocycles. The third-order valence-electron chi connectivity index (χ3n) is 7.43. The lowest BCUT2D eigenvalue weighted by molar-refractivity contribution is -0.159. The summed E-state index contributed by atoms with van der Waals surface area (Å²) in [4.78, 5) is 26.2. The Bertz CT molecular complexity index is 759. The van der Waals surface area contributed by atoms with Crippen LogP contribution in [0.25, 0.3) is 0 Å². The quantitative estimate of drug-likeness (QED) is 0.340. The summed E-state index contributed by atoms with van der Waals surface area (Å²) in [5.41, 5.74) is 0. The topological polar surface area (TPSA) is 85.9 Å². The fourth-order valence-corrected chi connectivity index (χ4v) is 5.70. The van der Waals surface area contributed by atoms with Crippen molar-refractivity contribution in [2.75, 3.05) is 6.54 Å². The van der Waals surface area contributed by atoms with Gasteiger partial charge in [0.1, 0.15) is 18.2 Å². The van der Waals surface area contributed by atoms with Crippen molar-refractivity contribution in [3.05, 3.63) is 12.2 Å². The number of rotatable bonds is 9. The molecule has 7 nitrogen and oxygen atoms in total. The number of carbonyl (C=O) groups excluding carboxylic acids is 2. The molecule has 2 aliphatic heterocycles. The van der Waals surface area contributed by atoms with Crippen LogP contribution in [0.1, 0.15) is 81.1 Å². The van der Waals surface area contributed by atoms with Crippen molar-refractivity contribution in [3.63, 3.8) is 0 Å². The number of allylic oxidation sites excluding steroid dienone is 1. The van der Waals surface area contributed by atoms with Crippen LogP contribution in [0.15, 0.2) is 12.2 Å². The molecule has 35 heavy (non-hydrogen) atoms. The van der Waals surface area contributed by atoms with Gasteiger partial charge in [0.2, 0.25) is 11.8 Å². The van der Waals surface area contributed by atoms with Crippen LogP contribution < -0.4 is 10.6 Å². The van der Waals surface area contributed by atoms with Crippen molar-refractivity contribution < 1.29 is 23.5 Å². The first-order valence-corrected chi connectivity index (χ1v) is 16.3. The molecule has 8 heteroatoms. The van der Waals surface area contributed by atoms with E-state index in [1.165, 1.54) is 0 Å². The normalized spacial score (nSPS) is 27.5. The molecule has 0 aliphatic carbocycles. The van der Waals surface area contributed by atoms with Gasteiger partial charge in [0.25, 0.3) is 0 Å². The molecule has 2 N–H and O–H groups in total. The maximum absolute atomic E-state index is 13.7. The molecule has 2 amide bonds. The first kappa shape index (κ1) is 30.0. The van der Waals surface area contributed by atoms with E-state index in [0.29, 0.717) is 25.3 Å². The summed E-state index contributed by atoms with van der Waals surface area (Å²) in [5, 5.41) is 5.91. The molecular weight excluding hydrogens is 460 g/mol. The van der Waals surface area contributed by atoms with Crippen LogP contribution in [-0.4, -0.2) is 56.8 Å². The smallest absolute Gasteiger partial charge is 0.242 e. The van der Waals surface area contributed by atoms with Gasteiger partial charge in [-0.05, 0) is 63.6 Å². The molecule has 0 saturated carbocycles. The maximum Gasteiger partial charge on any atom is 0.242 e. The summed E-state index contributed by atoms with van der Waals surface area (Å²) in [6.07, 6.45) is 5.95. The molecule has 0 aromatic heterocycles. The highest BCUT2D eigenvalue weighted by atomic mass is 28.4. The number of ether oxygens (including phenoxy) is 2. The lowest BCUT2D eigenvalue weighted by Crippen LogP contribution is -2.56. The average Bonchev–Trinajstić information content (AvgIpc) is 2.89.